The zero-order chi connectivity index (χ0) is 16.4. The van der Waals surface area contributed by atoms with Crippen molar-refractivity contribution in [1.82, 2.24) is 10.6 Å². The smallest absolute Gasteiger partial charge is 0.252 e. The molecule has 24 heavy (non-hydrogen) atoms. The van der Waals surface area contributed by atoms with Crippen LogP contribution >= 0.6 is 24.0 Å². The summed E-state index contributed by atoms with van der Waals surface area (Å²) >= 11 is 6.16. The van der Waals surface area contributed by atoms with Gasteiger partial charge in [0, 0.05) is 19.3 Å². The van der Waals surface area contributed by atoms with E-state index in [0.29, 0.717) is 22.2 Å². The number of benzene rings is 1. The van der Waals surface area contributed by atoms with E-state index in [9.17, 15) is 9.59 Å². The highest BCUT2D eigenvalue weighted by Crippen LogP contribution is 2.44. The van der Waals surface area contributed by atoms with Crippen LogP contribution in [0.1, 0.15) is 36.0 Å². The maximum atomic E-state index is 12.9. The topological polar surface area (TPSA) is 70.2 Å². The van der Waals surface area contributed by atoms with E-state index >= 15 is 0 Å². The van der Waals surface area contributed by atoms with Crippen LogP contribution < -0.4 is 16.0 Å². The highest BCUT2D eigenvalue weighted by atomic mass is 35.5. The van der Waals surface area contributed by atoms with Crippen LogP contribution in [0.2, 0.25) is 5.02 Å². The van der Waals surface area contributed by atoms with Gasteiger partial charge in [-0.3, -0.25) is 9.59 Å². The van der Waals surface area contributed by atoms with Gasteiger partial charge < -0.3 is 16.0 Å². The van der Waals surface area contributed by atoms with Crippen molar-refractivity contribution >= 4 is 41.5 Å². The lowest BCUT2D eigenvalue weighted by Gasteiger charge is -2.37. The van der Waals surface area contributed by atoms with Gasteiger partial charge in [-0.2, -0.15) is 0 Å². The first kappa shape index (κ1) is 19.0. The molecule has 2 aliphatic rings. The zero-order valence-corrected chi connectivity index (χ0v) is 15.2. The summed E-state index contributed by atoms with van der Waals surface area (Å²) in [6, 6.07) is 5.01. The third-order valence-electron chi connectivity index (χ3n) is 5.19. The number of carbonyl (C=O) groups excluding carboxylic acids is 2. The summed E-state index contributed by atoms with van der Waals surface area (Å²) < 4.78 is 0. The minimum atomic E-state index is -0.301. The molecule has 3 rings (SSSR count). The lowest BCUT2D eigenvalue weighted by atomic mass is 9.67. The van der Waals surface area contributed by atoms with E-state index in [-0.39, 0.29) is 29.6 Å². The quantitative estimate of drug-likeness (QED) is 0.764. The van der Waals surface area contributed by atoms with Gasteiger partial charge in [-0.25, -0.2) is 0 Å². The molecule has 0 aromatic heterocycles. The summed E-state index contributed by atoms with van der Waals surface area (Å²) in [5.41, 5.74) is 0.742. The fourth-order valence-corrected chi connectivity index (χ4v) is 4.12. The molecule has 0 bridgehead atoms. The Morgan fingerprint density at radius 1 is 1.33 bits per heavy atom. The molecule has 0 radical (unpaired) electrons. The molecule has 3 N–H and O–H groups in total. The lowest BCUT2D eigenvalue weighted by molar-refractivity contribution is -0.128. The maximum absolute atomic E-state index is 12.9. The van der Waals surface area contributed by atoms with Crippen LogP contribution in [0, 0.1) is 11.3 Å². The van der Waals surface area contributed by atoms with E-state index in [1.54, 1.807) is 25.2 Å². The Kier molecular flexibility index (Phi) is 6.12. The summed E-state index contributed by atoms with van der Waals surface area (Å²) in [6.07, 6.45) is 4.34. The van der Waals surface area contributed by atoms with Gasteiger partial charge in [-0.05, 0) is 43.5 Å². The number of rotatable bonds is 3. The molecule has 7 heteroatoms. The number of amides is 2. The molecular weight excluding hydrogens is 349 g/mol. The second-order valence-electron chi connectivity index (χ2n) is 6.46. The Morgan fingerprint density at radius 3 is 2.83 bits per heavy atom. The number of hydrogen-bond donors (Lipinski definition) is 3. The number of anilines is 1. The highest BCUT2D eigenvalue weighted by molar-refractivity contribution is 6.34. The van der Waals surface area contributed by atoms with Gasteiger partial charge in [0.15, 0.2) is 0 Å². The molecule has 1 aliphatic heterocycles. The Labute approximate surface area is 153 Å². The average Bonchev–Trinajstić information content (AvgIpc) is 2.99. The summed E-state index contributed by atoms with van der Waals surface area (Å²) in [4.78, 5) is 24.6. The van der Waals surface area contributed by atoms with Gasteiger partial charge in [-0.1, -0.05) is 24.4 Å². The van der Waals surface area contributed by atoms with Crippen LogP contribution in [0.15, 0.2) is 18.2 Å². The normalized spacial score (nSPS) is 25.3. The first-order valence-corrected chi connectivity index (χ1v) is 8.48. The van der Waals surface area contributed by atoms with Crippen LogP contribution in [0.5, 0.6) is 0 Å². The van der Waals surface area contributed by atoms with E-state index in [1.807, 2.05) is 0 Å². The Hall–Kier alpha value is -1.30. The number of fused-ring (bicyclic) bond motifs is 1. The van der Waals surface area contributed by atoms with Crippen LogP contribution in [-0.4, -0.2) is 32.0 Å². The molecule has 1 aromatic carbocycles. The van der Waals surface area contributed by atoms with Crippen LogP contribution in [0.4, 0.5) is 5.69 Å². The molecule has 1 saturated heterocycles. The Bertz CT molecular complexity index is 638. The molecule has 0 spiro atoms. The van der Waals surface area contributed by atoms with E-state index < -0.39 is 0 Å². The third-order valence-corrected chi connectivity index (χ3v) is 5.50. The number of carbonyl (C=O) groups is 2. The van der Waals surface area contributed by atoms with Gasteiger partial charge in [0.2, 0.25) is 5.91 Å². The van der Waals surface area contributed by atoms with Crippen LogP contribution in [-0.2, 0) is 4.79 Å². The molecule has 132 valence electrons. The van der Waals surface area contributed by atoms with E-state index in [4.69, 9.17) is 11.6 Å². The second-order valence-corrected chi connectivity index (χ2v) is 6.86. The maximum Gasteiger partial charge on any atom is 0.252 e. The number of hydrogen-bond acceptors (Lipinski definition) is 3. The lowest BCUT2D eigenvalue weighted by Crippen LogP contribution is -2.44. The molecule has 1 saturated carbocycles. The van der Waals surface area contributed by atoms with Crippen LogP contribution in [0.25, 0.3) is 0 Å². The zero-order valence-electron chi connectivity index (χ0n) is 13.7. The van der Waals surface area contributed by atoms with Crippen molar-refractivity contribution < 1.29 is 9.59 Å². The second kappa shape index (κ2) is 7.72. The Morgan fingerprint density at radius 2 is 2.12 bits per heavy atom. The van der Waals surface area contributed by atoms with E-state index in [2.05, 4.69) is 16.0 Å². The molecule has 1 heterocycles. The van der Waals surface area contributed by atoms with Crippen molar-refractivity contribution in [2.45, 2.75) is 25.7 Å². The molecule has 1 aliphatic carbocycles. The van der Waals surface area contributed by atoms with E-state index in [1.165, 1.54) is 6.42 Å². The summed E-state index contributed by atoms with van der Waals surface area (Å²) in [7, 11) is 1.56. The molecule has 5 nitrogen and oxygen atoms in total. The van der Waals surface area contributed by atoms with Gasteiger partial charge in [0.05, 0.1) is 16.0 Å². The van der Waals surface area contributed by atoms with Crippen LogP contribution in [0.3, 0.4) is 0 Å². The highest BCUT2D eigenvalue weighted by Gasteiger charge is 2.49. The molecule has 2 fully saturated rings. The fraction of sp³-hybridized carbons (Fsp3) is 0.529. The average molecular weight is 372 g/mol. The third kappa shape index (κ3) is 3.39. The molecule has 2 amide bonds. The fourth-order valence-electron chi connectivity index (χ4n) is 3.86. The van der Waals surface area contributed by atoms with Gasteiger partial charge in [-0.15, -0.1) is 12.4 Å². The van der Waals surface area contributed by atoms with Crippen molar-refractivity contribution in [1.29, 1.82) is 0 Å². The van der Waals surface area contributed by atoms with Gasteiger partial charge in [0.25, 0.3) is 5.91 Å². The number of nitrogens with one attached hydrogen (secondary N) is 3. The monoisotopic (exact) mass is 371 g/mol. The Balaban J connectivity index is 0.00000208. The van der Waals surface area contributed by atoms with Gasteiger partial charge >= 0.3 is 0 Å². The van der Waals surface area contributed by atoms with Crippen molar-refractivity contribution in [2.75, 3.05) is 25.5 Å². The standard InChI is InChI=1S/C17H22ClN3O2.ClH/c1-19-15(22)13-6-5-12(8-14(13)18)21-16(23)17-7-3-2-4-11(17)9-20-10-17;/h5-6,8,11,20H,2-4,7,9-10H2,1H3,(H,19,22)(H,21,23);1H/t11-,17+;/m0./s1. The number of halogens is 2. The van der Waals surface area contributed by atoms with Gasteiger partial charge in [0.1, 0.15) is 0 Å². The molecule has 0 unspecified atom stereocenters. The van der Waals surface area contributed by atoms with Crippen molar-refractivity contribution in [3.8, 4) is 0 Å². The first-order chi connectivity index (χ1) is 11.1. The van der Waals surface area contributed by atoms with Crippen molar-refractivity contribution in [3.05, 3.63) is 28.8 Å². The summed E-state index contributed by atoms with van der Waals surface area (Å²) in [6.45, 7) is 1.66. The minimum Gasteiger partial charge on any atom is -0.355 e. The predicted octanol–water partition coefficient (Wildman–Crippen LogP) is 2.84. The molecule has 2 atom stereocenters. The minimum absolute atomic E-state index is 0. The molecular formula is C17H23Cl2N3O2. The van der Waals surface area contributed by atoms with Crippen molar-refractivity contribution in [2.24, 2.45) is 11.3 Å². The largest absolute Gasteiger partial charge is 0.355 e. The summed E-state index contributed by atoms with van der Waals surface area (Å²) in [5, 5.41) is 9.26. The summed E-state index contributed by atoms with van der Waals surface area (Å²) in [5.74, 6) is 0.242. The first-order valence-electron chi connectivity index (χ1n) is 8.10. The van der Waals surface area contributed by atoms with Crippen molar-refractivity contribution in [3.63, 3.8) is 0 Å². The SMILES string of the molecule is CNC(=O)c1ccc(NC(=O)[C@@]23CCCC[C@H]2CNC3)cc1Cl.Cl. The predicted molar refractivity (Wildman–Crippen MR) is 98.0 cm³/mol. The molecule has 1 aromatic rings. The van der Waals surface area contributed by atoms with E-state index in [0.717, 1.165) is 32.4 Å².